The van der Waals surface area contributed by atoms with Crippen LogP contribution in [0.3, 0.4) is 0 Å². The maximum atomic E-state index is 13.2. The van der Waals surface area contributed by atoms with Gasteiger partial charge in [-0.1, -0.05) is 18.2 Å². The van der Waals surface area contributed by atoms with Crippen LogP contribution in [0.25, 0.3) is 11.0 Å². The molecule has 1 heterocycles. The van der Waals surface area contributed by atoms with Gasteiger partial charge in [-0.15, -0.1) is 0 Å². The molecule has 0 bridgehead atoms. The average Bonchev–Trinajstić information content (AvgIpc) is 2.74. The number of hydrogen-bond donors (Lipinski definition) is 1. The quantitative estimate of drug-likeness (QED) is 0.722. The Morgan fingerprint density at radius 2 is 1.82 bits per heavy atom. The number of hydrogen-bond acceptors (Lipinski definition) is 1. The van der Waals surface area contributed by atoms with Crippen LogP contribution in [0, 0.1) is 5.82 Å². The van der Waals surface area contributed by atoms with Crippen LogP contribution in [-0.4, -0.2) is 9.55 Å². The second kappa shape index (κ2) is 5.01. The highest BCUT2D eigenvalue weighted by Crippen LogP contribution is 2.34. The molecule has 114 valence electrons. The highest BCUT2D eigenvalue weighted by molar-refractivity contribution is 5.79. The van der Waals surface area contributed by atoms with Crippen LogP contribution in [0.4, 0.5) is 17.6 Å². The van der Waals surface area contributed by atoms with Crippen molar-refractivity contribution in [1.29, 1.82) is 0 Å². The molecular formula is C15H10F4N2O. The number of benzene rings is 2. The van der Waals surface area contributed by atoms with Gasteiger partial charge in [0.1, 0.15) is 5.82 Å². The zero-order chi connectivity index (χ0) is 15.9. The van der Waals surface area contributed by atoms with E-state index in [9.17, 15) is 22.4 Å². The fraction of sp³-hybridized carbons (Fsp3) is 0.133. The van der Waals surface area contributed by atoms with Crippen LogP contribution >= 0.6 is 0 Å². The Bertz CT molecular complexity index is 892. The molecule has 0 aliphatic rings. The summed E-state index contributed by atoms with van der Waals surface area (Å²) >= 11 is 0. The Hall–Kier alpha value is -2.57. The zero-order valence-electron chi connectivity index (χ0n) is 11.1. The van der Waals surface area contributed by atoms with E-state index in [0.29, 0.717) is 5.56 Å². The monoisotopic (exact) mass is 310 g/mol. The van der Waals surface area contributed by atoms with Crippen LogP contribution in [-0.2, 0) is 12.7 Å². The Kier molecular flexibility index (Phi) is 3.27. The number of rotatable bonds is 2. The standard InChI is InChI=1S/C15H10F4N2O/c16-10-4-1-3-9(7-10)8-21-13-11(15(17,18)19)5-2-6-12(13)20-14(21)22/h1-7H,8H2,(H,20,22). The van der Waals surface area contributed by atoms with Gasteiger partial charge in [0.25, 0.3) is 0 Å². The van der Waals surface area contributed by atoms with Crippen molar-refractivity contribution in [3.05, 3.63) is 69.9 Å². The van der Waals surface area contributed by atoms with Crippen LogP contribution in [0.15, 0.2) is 47.3 Å². The molecule has 2 aromatic carbocycles. The van der Waals surface area contributed by atoms with Gasteiger partial charge in [0, 0.05) is 0 Å². The molecule has 0 saturated carbocycles. The van der Waals surface area contributed by atoms with Gasteiger partial charge < -0.3 is 4.98 Å². The van der Waals surface area contributed by atoms with Gasteiger partial charge in [-0.25, -0.2) is 9.18 Å². The molecule has 0 radical (unpaired) electrons. The number of nitrogens with zero attached hydrogens (tertiary/aromatic N) is 1. The number of imidazole rings is 1. The Morgan fingerprint density at radius 3 is 2.50 bits per heavy atom. The van der Waals surface area contributed by atoms with Crippen molar-refractivity contribution in [2.45, 2.75) is 12.7 Å². The largest absolute Gasteiger partial charge is 0.418 e. The summed E-state index contributed by atoms with van der Waals surface area (Å²) in [5.74, 6) is -0.513. The first-order valence-electron chi connectivity index (χ1n) is 6.39. The van der Waals surface area contributed by atoms with Gasteiger partial charge >= 0.3 is 11.9 Å². The maximum absolute atomic E-state index is 13.2. The van der Waals surface area contributed by atoms with Crippen molar-refractivity contribution >= 4 is 11.0 Å². The summed E-state index contributed by atoms with van der Waals surface area (Å²) in [5, 5.41) is 0. The lowest BCUT2D eigenvalue weighted by Gasteiger charge is -2.11. The summed E-state index contributed by atoms with van der Waals surface area (Å²) in [7, 11) is 0. The summed E-state index contributed by atoms with van der Waals surface area (Å²) in [4.78, 5) is 14.3. The number of aromatic nitrogens is 2. The minimum absolute atomic E-state index is 0.0937. The first-order chi connectivity index (χ1) is 10.4. The highest BCUT2D eigenvalue weighted by Gasteiger charge is 2.34. The summed E-state index contributed by atoms with van der Waals surface area (Å²) < 4.78 is 53.5. The van der Waals surface area contributed by atoms with Crippen molar-refractivity contribution in [2.24, 2.45) is 0 Å². The van der Waals surface area contributed by atoms with Gasteiger partial charge in [-0.05, 0) is 29.8 Å². The molecule has 1 aromatic heterocycles. The summed E-state index contributed by atoms with van der Waals surface area (Å²) in [6, 6.07) is 8.93. The van der Waals surface area contributed by atoms with Crippen molar-refractivity contribution in [2.75, 3.05) is 0 Å². The number of aromatic amines is 1. The smallest absolute Gasteiger partial charge is 0.306 e. The minimum Gasteiger partial charge on any atom is -0.306 e. The molecule has 0 saturated heterocycles. The summed E-state index contributed by atoms with van der Waals surface area (Å²) in [5.41, 5.74) is -1.31. The second-order valence-electron chi connectivity index (χ2n) is 4.85. The van der Waals surface area contributed by atoms with E-state index in [4.69, 9.17) is 0 Å². The fourth-order valence-electron chi connectivity index (χ4n) is 2.42. The molecule has 0 amide bonds. The number of halogens is 4. The Morgan fingerprint density at radius 1 is 1.09 bits per heavy atom. The van der Waals surface area contributed by atoms with E-state index in [-0.39, 0.29) is 17.6 Å². The fourth-order valence-corrected chi connectivity index (χ4v) is 2.42. The normalized spacial score (nSPS) is 12.0. The molecule has 0 spiro atoms. The SMILES string of the molecule is O=c1[nH]c2cccc(C(F)(F)F)c2n1Cc1cccc(F)c1. The first kappa shape index (κ1) is 14.4. The second-order valence-corrected chi connectivity index (χ2v) is 4.85. The molecule has 3 aromatic rings. The van der Waals surface area contributed by atoms with E-state index in [0.717, 1.165) is 10.6 Å². The molecule has 0 aliphatic carbocycles. The third kappa shape index (κ3) is 2.49. The van der Waals surface area contributed by atoms with E-state index >= 15 is 0 Å². The molecule has 3 rings (SSSR count). The van der Waals surface area contributed by atoms with Crippen molar-refractivity contribution in [1.82, 2.24) is 9.55 Å². The van der Waals surface area contributed by atoms with Gasteiger partial charge in [-0.2, -0.15) is 13.2 Å². The average molecular weight is 310 g/mol. The van der Waals surface area contributed by atoms with Crippen LogP contribution in [0.1, 0.15) is 11.1 Å². The Labute approximate surface area is 121 Å². The third-order valence-electron chi connectivity index (χ3n) is 3.33. The van der Waals surface area contributed by atoms with E-state index in [1.54, 1.807) is 6.07 Å². The predicted octanol–water partition coefficient (Wildman–Crippen LogP) is 3.54. The maximum Gasteiger partial charge on any atom is 0.418 e. The number of para-hydroxylation sites is 1. The lowest BCUT2D eigenvalue weighted by Crippen LogP contribution is -2.19. The summed E-state index contributed by atoms with van der Waals surface area (Å²) in [6.07, 6.45) is -4.59. The van der Waals surface area contributed by atoms with E-state index in [2.05, 4.69) is 4.98 Å². The van der Waals surface area contributed by atoms with Gasteiger partial charge in [0.05, 0.1) is 23.1 Å². The first-order valence-corrected chi connectivity index (χ1v) is 6.39. The van der Waals surface area contributed by atoms with Crippen LogP contribution in [0.5, 0.6) is 0 Å². The number of H-pyrrole nitrogens is 1. The molecule has 1 N–H and O–H groups in total. The molecule has 0 unspecified atom stereocenters. The minimum atomic E-state index is -4.59. The zero-order valence-corrected chi connectivity index (χ0v) is 11.1. The molecule has 7 heteroatoms. The van der Waals surface area contributed by atoms with E-state index in [1.807, 2.05) is 0 Å². The van der Waals surface area contributed by atoms with E-state index in [1.165, 1.54) is 30.3 Å². The topological polar surface area (TPSA) is 37.8 Å². The van der Waals surface area contributed by atoms with Gasteiger partial charge in [-0.3, -0.25) is 4.57 Å². The number of fused-ring (bicyclic) bond motifs is 1. The van der Waals surface area contributed by atoms with Crippen LogP contribution in [0.2, 0.25) is 0 Å². The lowest BCUT2D eigenvalue weighted by atomic mass is 10.1. The molecule has 0 atom stereocenters. The summed E-state index contributed by atoms with van der Waals surface area (Å²) in [6.45, 7) is -0.149. The lowest BCUT2D eigenvalue weighted by molar-refractivity contribution is -0.136. The highest BCUT2D eigenvalue weighted by atomic mass is 19.4. The molecule has 0 aliphatic heterocycles. The van der Waals surface area contributed by atoms with Crippen molar-refractivity contribution in [3.8, 4) is 0 Å². The number of nitrogens with one attached hydrogen (secondary N) is 1. The Balaban J connectivity index is 2.21. The molecule has 0 fully saturated rings. The molecule has 22 heavy (non-hydrogen) atoms. The van der Waals surface area contributed by atoms with Gasteiger partial charge in [0.15, 0.2) is 0 Å². The van der Waals surface area contributed by atoms with E-state index < -0.39 is 23.2 Å². The molecule has 3 nitrogen and oxygen atoms in total. The predicted molar refractivity (Wildman–Crippen MR) is 73.1 cm³/mol. The molecular weight excluding hydrogens is 300 g/mol. The van der Waals surface area contributed by atoms with Crippen LogP contribution < -0.4 is 5.69 Å². The third-order valence-corrected chi connectivity index (χ3v) is 3.33. The van der Waals surface area contributed by atoms with Crippen molar-refractivity contribution < 1.29 is 17.6 Å². The van der Waals surface area contributed by atoms with Crippen molar-refractivity contribution in [3.63, 3.8) is 0 Å². The van der Waals surface area contributed by atoms with Gasteiger partial charge in [0.2, 0.25) is 0 Å². The number of alkyl halides is 3.